The SMILES string of the molecule is CCOC(=O)c1sc(N2CCC(N(C)C)C2)cc1N. The molecule has 1 atom stereocenters. The van der Waals surface area contributed by atoms with Crippen LogP contribution in [0.3, 0.4) is 0 Å². The lowest BCUT2D eigenvalue weighted by Crippen LogP contribution is -2.31. The smallest absolute Gasteiger partial charge is 0.350 e. The van der Waals surface area contributed by atoms with Crippen molar-refractivity contribution in [2.24, 2.45) is 0 Å². The Morgan fingerprint density at radius 3 is 2.95 bits per heavy atom. The predicted molar refractivity (Wildman–Crippen MR) is 79.0 cm³/mol. The fourth-order valence-electron chi connectivity index (χ4n) is 2.27. The van der Waals surface area contributed by atoms with Gasteiger partial charge < -0.3 is 20.3 Å². The monoisotopic (exact) mass is 283 g/mol. The molecule has 2 rings (SSSR count). The second-order valence-electron chi connectivity index (χ2n) is 4.94. The number of likely N-dealkylation sites (N-methyl/N-ethyl adjacent to an activating group) is 1. The van der Waals surface area contributed by atoms with Crippen LogP contribution < -0.4 is 10.6 Å². The van der Waals surface area contributed by atoms with E-state index in [1.807, 2.05) is 6.07 Å². The lowest BCUT2D eigenvalue weighted by atomic mass is 10.2. The van der Waals surface area contributed by atoms with Gasteiger partial charge in [0.25, 0.3) is 0 Å². The van der Waals surface area contributed by atoms with Crippen molar-refractivity contribution in [1.82, 2.24) is 4.90 Å². The molecule has 2 N–H and O–H groups in total. The molecule has 1 aromatic heterocycles. The fourth-order valence-corrected chi connectivity index (χ4v) is 3.28. The molecule has 1 aromatic rings. The van der Waals surface area contributed by atoms with Crippen LogP contribution in [0.15, 0.2) is 6.07 Å². The summed E-state index contributed by atoms with van der Waals surface area (Å²) in [5, 5.41) is 1.06. The van der Waals surface area contributed by atoms with E-state index >= 15 is 0 Å². The lowest BCUT2D eigenvalue weighted by molar-refractivity contribution is 0.0533. The van der Waals surface area contributed by atoms with Gasteiger partial charge in [-0.25, -0.2) is 4.79 Å². The number of nitrogens with two attached hydrogens (primary N) is 1. The maximum absolute atomic E-state index is 11.7. The average Bonchev–Trinajstić information content (AvgIpc) is 2.95. The molecule has 1 aliphatic heterocycles. The van der Waals surface area contributed by atoms with E-state index in [0.717, 1.165) is 24.5 Å². The Morgan fingerprint density at radius 1 is 1.63 bits per heavy atom. The first kappa shape index (κ1) is 14.1. The Kier molecular flexibility index (Phi) is 4.31. The number of hydrogen-bond acceptors (Lipinski definition) is 6. The minimum atomic E-state index is -0.320. The molecular formula is C13H21N3O2S. The zero-order valence-corrected chi connectivity index (χ0v) is 12.5. The van der Waals surface area contributed by atoms with Crippen LogP contribution in [0.5, 0.6) is 0 Å². The molecule has 5 nitrogen and oxygen atoms in total. The van der Waals surface area contributed by atoms with Crippen molar-refractivity contribution in [2.75, 3.05) is 44.4 Å². The first-order chi connectivity index (χ1) is 9.02. The number of carbonyl (C=O) groups is 1. The van der Waals surface area contributed by atoms with Gasteiger partial charge in [-0.1, -0.05) is 0 Å². The highest BCUT2D eigenvalue weighted by Crippen LogP contribution is 2.34. The molecule has 0 aliphatic carbocycles. The largest absolute Gasteiger partial charge is 0.462 e. The number of nitrogen functional groups attached to an aromatic ring is 1. The molecule has 1 unspecified atom stereocenters. The molecule has 1 saturated heterocycles. The van der Waals surface area contributed by atoms with Crippen molar-refractivity contribution in [1.29, 1.82) is 0 Å². The number of nitrogens with zero attached hydrogens (tertiary/aromatic N) is 2. The van der Waals surface area contributed by atoms with Crippen LogP contribution in [0.2, 0.25) is 0 Å². The van der Waals surface area contributed by atoms with Gasteiger partial charge in [0.2, 0.25) is 0 Å². The molecular weight excluding hydrogens is 262 g/mol. The summed E-state index contributed by atoms with van der Waals surface area (Å²) in [6.45, 7) is 4.16. The predicted octanol–water partition coefficient (Wildman–Crippen LogP) is 1.65. The number of ether oxygens (including phenoxy) is 1. The molecule has 1 fully saturated rings. The van der Waals surface area contributed by atoms with Gasteiger partial charge in [0.15, 0.2) is 0 Å². The number of thiophene rings is 1. The van der Waals surface area contributed by atoms with Crippen molar-refractivity contribution in [3.8, 4) is 0 Å². The normalized spacial score (nSPS) is 19.2. The second-order valence-corrected chi connectivity index (χ2v) is 5.97. The third-order valence-corrected chi connectivity index (χ3v) is 4.61. The summed E-state index contributed by atoms with van der Waals surface area (Å²) in [5.41, 5.74) is 6.43. The van der Waals surface area contributed by atoms with E-state index < -0.39 is 0 Å². The van der Waals surface area contributed by atoms with Gasteiger partial charge in [-0.3, -0.25) is 0 Å². The van der Waals surface area contributed by atoms with E-state index in [4.69, 9.17) is 10.5 Å². The number of anilines is 2. The molecule has 0 aromatic carbocycles. The van der Waals surface area contributed by atoms with Gasteiger partial charge in [0.1, 0.15) is 4.88 Å². The third-order valence-electron chi connectivity index (χ3n) is 3.41. The van der Waals surface area contributed by atoms with Crippen molar-refractivity contribution in [3.63, 3.8) is 0 Å². The van der Waals surface area contributed by atoms with Crippen LogP contribution in [0.25, 0.3) is 0 Å². The fraction of sp³-hybridized carbons (Fsp3) is 0.615. The molecule has 6 heteroatoms. The molecule has 1 aliphatic rings. The number of carbonyl (C=O) groups excluding carboxylic acids is 1. The highest BCUT2D eigenvalue weighted by molar-refractivity contribution is 7.18. The Hall–Kier alpha value is -1.27. The van der Waals surface area contributed by atoms with E-state index in [-0.39, 0.29) is 5.97 Å². The molecule has 2 heterocycles. The van der Waals surface area contributed by atoms with Crippen LogP contribution >= 0.6 is 11.3 Å². The summed E-state index contributed by atoms with van der Waals surface area (Å²) < 4.78 is 5.01. The Bertz CT molecular complexity index is 459. The van der Waals surface area contributed by atoms with Gasteiger partial charge in [-0.2, -0.15) is 0 Å². The second kappa shape index (κ2) is 5.79. The Labute approximate surface area is 117 Å². The summed E-state index contributed by atoms with van der Waals surface area (Å²) in [4.78, 5) is 16.8. The van der Waals surface area contributed by atoms with Crippen molar-refractivity contribution in [2.45, 2.75) is 19.4 Å². The van der Waals surface area contributed by atoms with E-state index in [1.165, 1.54) is 11.3 Å². The standard InChI is InChI=1S/C13H21N3O2S/c1-4-18-13(17)12-10(14)7-11(19-12)16-6-5-9(8-16)15(2)3/h7,9H,4-6,8,14H2,1-3H3. The Morgan fingerprint density at radius 2 is 2.37 bits per heavy atom. The van der Waals surface area contributed by atoms with Gasteiger partial charge in [0, 0.05) is 19.1 Å². The molecule has 0 spiro atoms. The Balaban J connectivity index is 2.10. The van der Waals surface area contributed by atoms with Gasteiger partial charge in [-0.15, -0.1) is 11.3 Å². The highest BCUT2D eigenvalue weighted by Gasteiger charge is 2.26. The van der Waals surface area contributed by atoms with Crippen molar-refractivity contribution < 1.29 is 9.53 Å². The summed E-state index contributed by atoms with van der Waals surface area (Å²) >= 11 is 1.43. The van der Waals surface area contributed by atoms with Gasteiger partial charge in [0.05, 0.1) is 17.3 Å². The maximum Gasteiger partial charge on any atom is 0.350 e. The molecule has 0 amide bonds. The molecule has 19 heavy (non-hydrogen) atoms. The van der Waals surface area contributed by atoms with E-state index in [1.54, 1.807) is 6.92 Å². The number of esters is 1. The van der Waals surface area contributed by atoms with Crippen LogP contribution in [-0.4, -0.2) is 50.7 Å². The van der Waals surface area contributed by atoms with E-state index in [0.29, 0.717) is 23.2 Å². The number of rotatable bonds is 4. The van der Waals surface area contributed by atoms with Crippen LogP contribution in [0.4, 0.5) is 10.7 Å². The molecule has 106 valence electrons. The molecule has 0 bridgehead atoms. The molecule has 0 radical (unpaired) electrons. The quantitative estimate of drug-likeness (QED) is 0.851. The lowest BCUT2D eigenvalue weighted by Gasteiger charge is -2.20. The maximum atomic E-state index is 11.7. The zero-order chi connectivity index (χ0) is 14.0. The minimum Gasteiger partial charge on any atom is -0.462 e. The van der Waals surface area contributed by atoms with E-state index in [9.17, 15) is 4.79 Å². The third kappa shape index (κ3) is 3.01. The summed E-state index contributed by atoms with van der Waals surface area (Å²) in [5.74, 6) is -0.320. The zero-order valence-electron chi connectivity index (χ0n) is 11.7. The van der Waals surface area contributed by atoms with Crippen molar-refractivity contribution >= 4 is 28.0 Å². The van der Waals surface area contributed by atoms with E-state index in [2.05, 4.69) is 23.9 Å². The van der Waals surface area contributed by atoms with Crippen LogP contribution in [-0.2, 0) is 4.74 Å². The first-order valence-electron chi connectivity index (χ1n) is 6.50. The van der Waals surface area contributed by atoms with Crippen molar-refractivity contribution in [3.05, 3.63) is 10.9 Å². The topological polar surface area (TPSA) is 58.8 Å². The van der Waals surface area contributed by atoms with Gasteiger partial charge >= 0.3 is 5.97 Å². The van der Waals surface area contributed by atoms with Crippen LogP contribution in [0.1, 0.15) is 23.0 Å². The van der Waals surface area contributed by atoms with Gasteiger partial charge in [-0.05, 0) is 33.5 Å². The average molecular weight is 283 g/mol. The highest BCUT2D eigenvalue weighted by atomic mass is 32.1. The summed E-state index contributed by atoms with van der Waals surface area (Å²) in [6, 6.07) is 2.45. The first-order valence-corrected chi connectivity index (χ1v) is 7.32. The summed E-state index contributed by atoms with van der Waals surface area (Å²) in [6.07, 6.45) is 1.14. The minimum absolute atomic E-state index is 0.320. The number of hydrogen-bond donors (Lipinski definition) is 1. The molecule has 0 saturated carbocycles. The van der Waals surface area contributed by atoms with Crippen LogP contribution in [0, 0.1) is 0 Å². The summed E-state index contributed by atoms with van der Waals surface area (Å²) in [7, 11) is 4.20.